The fraction of sp³-hybridized carbons (Fsp3) is 0.533. The van der Waals surface area contributed by atoms with Crippen LogP contribution in [0.25, 0.3) is 5.65 Å². The Morgan fingerprint density at radius 3 is 2.80 bits per heavy atom. The van der Waals surface area contributed by atoms with Crippen LogP contribution in [-0.4, -0.2) is 18.3 Å². The molecular weight excluding hydrogens is 270 g/mol. The average Bonchev–Trinajstić information content (AvgIpc) is 3.15. The standard InChI is InChI=1S/C15H21N3OS/c1-15(2,3)20(19)16-10-12-14(11-7-8-11)18-9-5-4-6-13(18)17-12/h4-6,9,11,16H,7-8,10H2,1-3H3/t20-/m1/s1. The Morgan fingerprint density at radius 2 is 2.15 bits per heavy atom. The van der Waals surface area contributed by atoms with Crippen molar-refractivity contribution >= 4 is 16.6 Å². The number of pyridine rings is 1. The molecule has 1 aliphatic carbocycles. The maximum atomic E-state index is 12.1. The summed E-state index contributed by atoms with van der Waals surface area (Å²) < 4.78 is 17.2. The van der Waals surface area contributed by atoms with E-state index in [1.54, 1.807) is 0 Å². The SMILES string of the molecule is CC(C)(C)[S@@](=O)NCc1nc2ccccn2c1C1CC1. The molecule has 1 atom stereocenters. The Bertz CT molecular complexity index is 653. The van der Waals surface area contributed by atoms with Crippen molar-refractivity contribution in [3.05, 3.63) is 35.8 Å². The highest BCUT2D eigenvalue weighted by atomic mass is 32.2. The maximum absolute atomic E-state index is 12.1. The van der Waals surface area contributed by atoms with Crippen LogP contribution in [0.5, 0.6) is 0 Å². The zero-order valence-corrected chi connectivity index (χ0v) is 13.0. The Labute approximate surface area is 122 Å². The van der Waals surface area contributed by atoms with Gasteiger partial charge in [0.05, 0.1) is 33.7 Å². The van der Waals surface area contributed by atoms with E-state index in [4.69, 9.17) is 4.98 Å². The van der Waals surface area contributed by atoms with Gasteiger partial charge < -0.3 is 4.40 Å². The first-order chi connectivity index (χ1) is 9.47. The third-order valence-corrected chi connectivity index (χ3v) is 5.05. The van der Waals surface area contributed by atoms with Gasteiger partial charge in [-0.1, -0.05) is 6.07 Å². The van der Waals surface area contributed by atoms with Gasteiger partial charge in [-0.3, -0.25) is 0 Å². The fourth-order valence-electron chi connectivity index (χ4n) is 2.33. The van der Waals surface area contributed by atoms with Crippen molar-refractivity contribution < 1.29 is 4.21 Å². The number of imidazole rings is 1. The van der Waals surface area contributed by atoms with E-state index in [2.05, 4.69) is 15.3 Å². The molecule has 1 aliphatic rings. The zero-order chi connectivity index (χ0) is 14.3. The molecule has 0 spiro atoms. The van der Waals surface area contributed by atoms with Crippen LogP contribution in [0.15, 0.2) is 24.4 Å². The summed E-state index contributed by atoms with van der Waals surface area (Å²) in [6, 6.07) is 6.06. The minimum Gasteiger partial charge on any atom is -0.303 e. The summed E-state index contributed by atoms with van der Waals surface area (Å²) in [5, 5.41) is 0. The molecule has 0 radical (unpaired) electrons. The van der Waals surface area contributed by atoms with Gasteiger partial charge in [-0.05, 0) is 45.7 Å². The second-order valence-electron chi connectivity index (χ2n) is 6.35. The van der Waals surface area contributed by atoms with Crippen LogP contribution in [0.3, 0.4) is 0 Å². The average molecular weight is 291 g/mol. The molecule has 2 heterocycles. The molecular formula is C15H21N3OS. The maximum Gasteiger partial charge on any atom is 0.137 e. The van der Waals surface area contributed by atoms with Crippen molar-refractivity contribution in [3.63, 3.8) is 0 Å². The molecule has 108 valence electrons. The molecule has 0 unspecified atom stereocenters. The first-order valence-corrected chi connectivity index (χ1v) is 8.23. The summed E-state index contributed by atoms with van der Waals surface area (Å²) in [5.74, 6) is 0.618. The number of nitrogens with zero attached hydrogens (tertiary/aromatic N) is 2. The Kier molecular flexibility index (Phi) is 3.42. The smallest absolute Gasteiger partial charge is 0.137 e. The van der Waals surface area contributed by atoms with Gasteiger partial charge in [0.1, 0.15) is 5.65 Å². The number of hydrogen-bond donors (Lipinski definition) is 1. The first kappa shape index (κ1) is 13.8. The second kappa shape index (κ2) is 4.97. The summed E-state index contributed by atoms with van der Waals surface area (Å²) in [4.78, 5) is 4.69. The van der Waals surface area contributed by atoms with Gasteiger partial charge in [0.15, 0.2) is 0 Å². The largest absolute Gasteiger partial charge is 0.303 e. The Balaban J connectivity index is 1.88. The van der Waals surface area contributed by atoms with Gasteiger partial charge in [-0.15, -0.1) is 0 Å². The minimum absolute atomic E-state index is 0.251. The van der Waals surface area contributed by atoms with Gasteiger partial charge in [-0.2, -0.15) is 0 Å². The molecule has 5 heteroatoms. The van der Waals surface area contributed by atoms with Crippen LogP contribution in [0.1, 0.15) is 50.9 Å². The van der Waals surface area contributed by atoms with Crippen LogP contribution < -0.4 is 4.72 Å². The predicted octanol–water partition coefficient (Wildman–Crippen LogP) is 2.76. The molecule has 0 bridgehead atoms. The molecule has 1 saturated carbocycles. The van der Waals surface area contributed by atoms with Crippen LogP contribution >= 0.6 is 0 Å². The third-order valence-electron chi connectivity index (χ3n) is 3.53. The number of aromatic nitrogens is 2. The lowest BCUT2D eigenvalue weighted by Gasteiger charge is -2.17. The van der Waals surface area contributed by atoms with Gasteiger partial charge >= 0.3 is 0 Å². The van der Waals surface area contributed by atoms with Crippen molar-refractivity contribution in [3.8, 4) is 0 Å². The summed E-state index contributed by atoms with van der Waals surface area (Å²) in [5.41, 5.74) is 3.31. The quantitative estimate of drug-likeness (QED) is 0.941. The van der Waals surface area contributed by atoms with E-state index >= 15 is 0 Å². The van der Waals surface area contributed by atoms with Gasteiger partial charge in [0.2, 0.25) is 0 Å². The molecule has 20 heavy (non-hydrogen) atoms. The molecule has 0 amide bonds. The van der Waals surface area contributed by atoms with Crippen LogP contribution in [0.2, 0.25) is 0 Å². The molecule has 3 rings (SSSR count). The van der Waals surface area contributed by atoms with Gasteiger partial charge in [0, 0.05) is 12.1 Å². The lowest BCUT2D eigenvalue weighted by molar-refractivity contribution is 0.633. The first-order valence-electron chi connectivity index (χ1n) is 7.08. The van der Waals surface area contributed by atoms with E-state index in [1.165, 1.54) is 18.5 Å². The van der Waals surface area contributed by atoms with E-state index in [-0.39, 0.29) is 4.75 Å². The third kappa shape index (κ3) is 2.65. The van der Waals surface area contributed by atoms with Crippen LogP contribution in [-0.2, 0) is 17.5 Å². The van der Waals surface area contributed by atoms with Crippen LogP contribution in [0, 0.1) is 0 Å². The normalized spacial score (nSPS) is 17.6. The topological polar surface area (TPSA) is 46.4 Å². The van der Waals surface area contributed by atoms with E-state index in [0.29, 0.717) is 12.5 Å². The molecule has 1 fully saturated rings. The molecule has 1 N–H and O–H groups in total. The highest BCUT2D eigenvalue weighted by Gasteiger charge is 2.30. The highest BCUT2D eigenvalue weighted by molar-refractivity contribution is 7.84. The van der Waals surface area contributed by atoms with Crippen molar-refractivity contribution in [2.24, 2.45) is 0 Å². The van der Waals surface area contributed by atoms with Crippen molar-refractivity contribution in [2.45, 2.75) is 50.8 Å². The molecule has 4 nitrogen and oxygen atoms in total. The number of nitrogens with one attached hydrogen (secondary N) is 1. The second-order valence-corrected chi connectivity index (χ2v) is 8.40. The predicted molar refractivity (Wildman–Crippen MR) is 81.9 cm³/mol. The summed E-state index contributed by atoms with van der Waals surface area (Å²) in [6.45, 7) is 6.49. The van der Waals surface area contributed by atoms with E-state index in [9.17, 15) is 4.21 Å². The highest BCUT2D eigenvalue weighted by Crippen LogP contribution is 2.41. The molecule has 0 aliphatic heterocycles. The van der Waals surface area contributed by atoms with Crippen molar-refractivity contribution in [1.82, 2.24) is 14.1 Å². The molecule has 2 aromatic heterocycles. The summed E-state index contributed by atoms with van der Waals surface area (Å²) in [7, 11) is -1.06. The monoisotopic (exact) mass is 291 g/mol. The van der Waals surface area contributed by atoms with Gasteiger partial charge in [-0.25, -0.2) is 13.9 Å². The Morgan fingerprint density at radius 1 is 1.40 bits per heavy atom. The Hall–Kier alpha value is -1.20. The zero-order valence-electron chi connectivity index (χ0n) is 12.2. The minimum atomic E-state index is -1.06. The summed E-state index contributed by atoms with van der Waals surface area (Å²) >= 11 is 0. The molecule has 0 saturated heterocycles. The van der Waals surface area contributed by atoms with Crippen LogP contribution in [0.4, 0.5) is 0 Å². The lowest BCUT2D eigenvalue weighted by Crippen LogP contribution is -2.33. The fourth-order valence-corrected chi connectivity index (χ4v) is 3.03. The molecule has 2 aromatic rings. The van der Waals surface area contributed by atoms with Crippen molar-refractivity contribution in [2.75, 3.05) is 0 Å². The number of rotatable bonds is 4. The van der Waals surface area contributed by atoms with Crippen molar-refractivity contribution in [1.29, 1.82) is 0 Å². The number of hydrogen-bond acceptors (Lipinski definition) is 2. The molecule has 0 aromatic carbocycles. The van der Waals surface area contributed by atoms with E-state index < -0.39 is 11.0 Å². The van der Waals surface area contributed by atoms with E-state index in [0.717, 1.165) is 11.3 Å². The lowest BCUT2D eigenvalue weighted by atomic mass is 10.2. The summed E-state index contributed by atoms with van der Waals surface area (Å²) in [6.07, 6.45) is 4.54. The number of fused-ring (bicyclic) bond motifs is 1. The van der Waals surface area contributed by atoms with Gasteiger partial charge in [0.25, 0.3) is 0 Å². The van der Waals surface area contributed by atoms with E-state index in [1.807, 2.05) is 39.0 Å².